The minimum absolute atomic E-state index is 0.277. The molecule has 2 rings (SSSR count). The molecule has 8 heteroatoms. The van der Waals surface area contributed by atoms with Crippen molar-refractivity contribution in [2.24, 2.45) is 0 Å². The van der Waals surface area contributed by atoms with Gasteiger partial charge in [0, 0.05) is 13.1 Å². The van der Waals surface area contributed by atoms with Gasteiger partial charge >= 0.3 is 0 Å². The molecule has 0 bridgehead atoms. The van der Waals surface area contributed by atoms with Crippen LogP contribution in [-0.4, -0.2) is 35.0 Å². The lowest BCUT2D eigenvalue weighted by atomic mass is 10.1. The Morgan fingerprint density at radius 3 is 1.20 bits per heavy atom. The van der Waals surface area contributed by atoms with E-state index in [-0.39, 0.29) is 13.1 Å². The summed E-state index contributed by atoms with van der Waals surface area (Å²) in [5.41, 5.74) is 2.68. The molecule has 2 aromatic carbocycles. The van der Waals surface area contributed by atoms with Gasteiger partial charge in [0.05, 0.1) is 0 Å². The highest BCUT2D eigenvalue weighted by atomic mass is 32.3. The number of sulfonamides is 2. The van der Waals surface area contributed by atoms with Crippen LogP contribution in [0.3, 0.4) is 0 Å². The molecule has 0 aromatic heterocycles. The molecule has 0 aliphatic heterocycles. The van der Waals surface area contributed by atoms with E-state index in [0.717, 1.165) is 64.2 Å². The van der Waals surface area contributed by atoms with Crippen molar-refractivity contribution in [1.29, 1.82) is 0 Å². The first kappa shape index (κ1) is 29.5. The number of benzene rings is 2. The second-order valence-electron chi connectivity index (χ2n) is 9.14. The lowest BCUT2D eigenvalue weighted by Crippen LogP contribution is -2.36. The third-order valence-electron chi connectivity index (χ3n) is 5.92. The largest absolute Gasteiger partial charge is 0.227 e. The van der Waals surface area contributed by atoms with Crippen LogP contribution in [0.1, 0.15) is 75.3 Å². The van der Waals surface area contributed by atoms with Crippen LogP contribution in [0.25, 0.3) is 0 Å². The van der Waals surface area contributed by atoms with Gasteiger partial charge in [-0.05, 0) is 49.7 Å². The summed E-state index contributed by atoms with van der Waals surface area (Å²) in [6, 6.07) is 20.7. The molecule has 0 amide bonds. The lowest BCUT2D eigenvalue weighted by molar-refractivity contribution is 0.561. The number of unbranched alkanes of at least 4 members (excludes halogenated alkanes) is 8. The Balaban J connectivity index is 1.45. The predicted octanol–water partition coefficient (Wildman–Crippen LogP) is 5.17. The van der Waals surface area contributed by atoms with E-state index in [1.807, 2.05) is 36.4 Å². The Morgan fingerprint density at radius 2 is 0.800 bits per heavy atom. The van der Waals surface area contributed by atoms with Crippen LogP contribution in [0.5, 0.6) is 0 Å². The minimum Gasteiger partial charge on any atom is -0.214 e. The first-order valence-corrected chi connectivity index (χ1v) is 16.2. The zero-order valence-corrected chi connectivity index (χ0v) is 22.5. The van der Waals surface area contributed by atoms with Crippen LogP contribution in [-0.2, 0) is 32.9 Å². The van der Waals surface area contributed by atoms with E-state index in [4.69, 9.17) is 0 Å². The maximum absolute atomic E-state index is 12.1. The SMILES string of the molecule is O=S(=O)(CS(=O)(=O)NCCCCCCCc1ccccc1)NCCCCCCCc1ccccc1. The number of aryl methyl sites for hydroxylation is 2. The van der Waals surface area contributed by atoms with E-state index in [1.165, 1.54) is 11.1 Å². The van der Waals surface area contributed by atoms with Crippen molar-refractivity contribution in [3.05, 3.63) is 71.8 Å². The third kappa shape index (κ3) is 15.1. The highest BCUT2D eigenvalue weighted by Crippen LogP contribution is 2.10. The average molecular weight is 523 g/mol. The molecular weight excluding hydrogens is 480 g/mol. The van der Waals surface area contributed by atoms with Crippen molar-refractivity contribution in [1.82, 2.24) is 9.44 Å². The van der Waals surface area contributed by atoms with E-state index in [0.29, 0.717) is 12.8 Å². The van der Waals surface area contributed by atoms with Crippen LogP contribution in [0, 0.1) is 0 Å². The van der Waals surface area contributed by atoms with Crippen molar-refractivity contribution in [3.63, 3.8) is 0 Å². The molecule has 6 nitrogen and oxygen atoms in total. The summed E-state index contributed by atoms with van der Waals surface area (Å²) in [6.45, 7) is 0.555. The third-order valence-corrected chi connectivity index (χ3v) is 9.69. The molecular formula is C27H42N2O4S2. The summed E-state index contributed by atoms with van der Waals surface area (Å²) in [5, 5.41) is -0.909. The fourth-order valence-corrected chi connectivity index (χ4v) is 7.21. The second-order valence-corrected chi connectivity index (χ2v) is 13.1. The van der Waals surface area contributed by atoms with E-state index in [1.54, 1.807) is 0 Å². The summed E-state index contributed by atoms with van der Waals surface area (Å²) in [7, 11) is -7.71. The standard InChI is InChI=1S/C27H42N2O4S2/c30-34(31,28-23-15-5-1-3-9-17-26-19-11-7-12-20-26)25-35(32,33)29-24-16-6-2-4-10-18-27-21-13-8-14-22-27/h7-8,11-14,19-22,28-29H,1-6,9-10,15-18,23-25H2. The summed E-state index contributed by atoms with van der Waals surface area (Å²) >= 11 is 0. The van der Waals surface area contributed by atoms with Gasteiger partial charge in [-0.2, -0.15) is 0 Å². The summed E-state index contributed by atoms with van der Waals surface area (Å²) in [6.07, 6.45) is 11.9. The van der Waals surface area contributed by atoms with Crippen molar-refractivity contribution in [2.45, 2.75) is 77.0 Å². The van der Waals surface area contributed by atoms with Gasteiger partial charge in [0.2, 0.25) is 20.0 Å². The first-order chi connectivity index (χ1) is 16.9. The molecule has 0 unspecified atom stereocenters. The van der Waals surface area contributed by atoms with Crippen LogP contribution >= 0.6 is 0 Å². The topological polar surface area (TPSA) is 92.3 Å². The average Bonchev–Trinajstić information content (AvgIpc) is 2.83. The highest BCUT2D eigenvalue weighted by Gasteiger charge is 2.21. The molecule has 0 saturated carbocycles. The van der Waals surface area contributed by atoms with E-state index < -0.39 is 25.1 Å². The Kier molecular flexibility index (Phi) is 14.2. The van der Waals surface area contributed by atoms with E-state index in [2.05, 4.69) is 33.7 Å². The zero-order chi connectivity index (χ0) is 25.2. The van der Waals surface area contributed by atoms with Gasteiger partial charge in [0.15, 0.2) is 5.08 Å². The fraction of sp³-hybridized carbons (Fsp3) is 0.556. The fourth-order valence-electron chi connectivity index (χ4n) is 4.00. The molecule has 2 aromatic rings. The van der Waals surface area contributed by atoms with Gasteiger partial charge in [0.1, 0.15) is 0 Å². The quantitative estimate of drug-likeness (QED) is 0.235. The van der Waals surface area contributed by atoms with Gasteiger partial charge < -0.3 is 0 Å². The maximum Gasteiger partial charge on any atom is 0.227 e. The van der Waals surface area contributed by atoms with Gasteiger partial charge in [0.25, 0.3) is 0 Å². The second kappa shape index (κ2) is 16.8. The Morgan fingerprint density at radius 1 is 0.457 bits per heavy atom. The van der Waals surface area contributed by atoms with Crippen molar-refractivity contribution < 1.29 is 16.8 Å². The van der Waals surface area contributed by atoms with Crippen molar-refractivity contribution >= 4 is 20.0 Å². The number of rotatable bonds is 20. The molecule has 35 heavy (non-hydrogen) atoms. The number of nitrogens with one attached hydrogen (secondary N) is 2. The minimum atomic E-state index is -3.85. The van der Waals surface area contributed by atoms with Crippen molar-refractivity contribution in [2.75, 3.05) is 18.2 Å². The first-order valence-electron chi connectivity index (χ1n) is 12.9. The molecule has 0 atom stereocenters. The smallest absolute Gasteiger partial charge is 0.214 e. The molecule has 0 saturated heterocycles. The zero-order valence-electron chi connectivity index (χ0n) is 20.8. The number of hydrogen-bond acceptors (Lipinski definition) is 4. The van der Waals surface area contributed by atoms with E-state index in [9.17, 15) is 16.8 Å². The van der Waals surface area contributed by atoms with Gasteiger partial charge in [-0.1, -0.05) is 99.2 Å². The van der Waals surface area contributed by atoms with Crippen LogP contribution in [0.15, 0.2) is 60.7 Å². The molecule has 0 radical (unpaired) electrons. The van der Waals surface area contributed by atoms with Crippen LogP contribution in [0.4, 0.5) is 0 Å². The van der Waals surface area contributed by atoms with Gasteiger partial charge in [-0.15, -0.1) is 0 Å². The Labute approximate surface area is 213 Å². The van der Waals surface area contributed by atoms with Crippen LogP contribution < -0.4 is 9.44 Å². The number of hydrogen-bond donors (Lipinski definition) is 2. The lowest BCUT2D eigenvalue weighted by Gasteiger charge is -2.09. The summed E-state index contributed by atoms with van der Waals surface area (Å²) in [4.78, 5) is 0. The molecule has 0 spiro atoms. The Hall–Kier alpha value is -1.74. The molecule has 2 N–H and O–H groups in total. The molecule has 0 heterocycles. The molecule has 0 fully saturated rings. The molecule has 0 aliphatic carbocycles. The van der Waals surface area contributed by atoms with Crippen LogP contribution in [0.2, 0.25) is 0 Å². The normalized spacial score (nSPS) is 12.1. The van der Waals surface area contributed by atoms with Gasteiger partial charge in [-0.25, -0.2) is 26.3 Å². The highest BCUT2D eigenvalue weighted by molar-refractivity contribution is 8.06. The maximum atomic E-state index is 12.1. The predicted molar refractivity (Wildman–Crippen MR) is 145 cm³/mol. The Bertz CT molecular complexity index is 928. The summed E-state index contributed by atoms with van der Waals surface area (Å²) < 4.78 is 53.4. The van der Waals surface area contributed by atoms with E-state index >= 15 is 0 Å². The monoisotopic (exact) mass is 522 g/mol. The summed E-state index contributed by atoms with van der Waals surface area (Å²) in [5.74, 6) is 0. The molecule has 196 valence electrons. The molecule has 0 aliphatic rings. The van der Waals surface area contributed by atoms with Crippen molar-refractivity contribution in [3.8, 4) is 0 Å². The van der Waals surface area contributed by atoms with Gasteiger partial charge in [-0.3, -0.25) is 0 Å².